The molecule has 0 bridgehead atoms. The van der Waals surface area contributed by atoms with Gasteiger partial charge in [0, 0.05) is 11.8 Å². The molecule has 128 valence electrons. The van der Waals surface area contributed by atoms with Crippen LogP contribution in [0.25, 0.3) is 16.7 Å². The lowest BCUT2D eigenvalue weighted by atomic mass is 9.85. The number of nitrogens with one attached hydrogen (secondary N) is 1. The Morgan fingerprint density at radius 2 is 1.52 bits per heavy atom. The average molecular weight is 329 g/mol. The zero-order valence-corrected chi connectivity index (χ0v) is 16.2. The predicted molar refractivity (Wildman–Crippen MR) is 110 cm³/mol. The van der Waals surface area contributed by atoms with Crippen molar-refractivity contribution in [2.75, 3.05) is 0 Å². The van der Waals surface area contributed by atoms with E-state index in [0.29, 0.717) is 0 Å². The molecule has 0 fully saturated rings. The Morgan fingerprint density at radius 1 is 0.800 bits per heavy atom. The highest BCUT2D eigenvalue weighted by Gasteiger charge is 2.22. The van der Waals surface area contributed by atoms with Crippen LogP contribution in [0.2, 0.25) is 0 Å². The van der Waals surface area contributed by atoms with Gasteiger partial charge in [0.15, 0.2) is 0 Å². The highest BCUT2D eigenvalue weighted by Crippen LogP contribution is 2.43. The summed E-state index contributed by atoms with van der Waals surface area (Å²) in [6.45, 7) is 13.2. The van der Waals surface area contributed by atoms with E-state index in [2.05, 4.69) is 71.9 Å². The van der Waals surface area contributed by atoms with Crippen molar-refractivity contribution in [2.24, 2.45) is 0 Å². The van der Waals surface area contributed by atoms with E-state index >= 15 is 0 Å². The molecule has 2 aromatic carbocycles. The van der Waals surface area contributed by atoms with Gasteiger partial charge in [-0.3, -0.25) is 0 Å². The molecule has 0 spiro atoms. The van der Waals surface area contributed by atoms with Gasteiger partial charge in [0.1, 0.15) is 0 Å². The SMILES string of the molecule is CC1=C(C)C(C)=C(c2c(C=N)cccc2-c2ccc(C)c(C)c2C)C1. The normalized spacial score (nSPS) is 14.5. The number of aryl methyl sites for hydroxylation is 1. The van der Waals surface area contributed by atoms with Crippen LogP contribution in [0.3, 0.4) is 0 Å². The van der Waals surface area contributed by atoms with Gasteiger partial charge in [0.25, 0.3) is 0 Å². The van der Waals surface area contributed by atoms with E-state index in [-0.39, 0.29) is 0 Å². The van der Waals surface area contributed by atoms with Crippen LogP contribution >= 0.6 is 0 Å². The zero-order valence-electron chi connectivity index (χ0n) is 16.2. The van der Waals surface area contributed by atoms with Gasteiger partial charge in [-0.25, -0.2) is 0 Å². The maximum absolute atomic E-state index is 7.94. The summed E-state index contributed by atoms with van der Waals surface area (Å²) in [6.07, 6.45) is 2.48. The van der Waals surface area contributed by atoms with Gasteiger partial charge in [0.2, 0.25) is 0 Å². The van der Waals surface area contributed by atoms with Gasteiger partial charge in [0.05, 0.1) is 0 Å². The first-order valence-electron chi connectivity index (χ1n) is 8.94. The highest BCUT2D eigenvalue weighted by atomic mass is 14.3. The molecule has 1 heteroatoms. The molecule has 1 N–H and O–H groups in total. The number of hydrogen-bond donors (Lipinski definition) is 1. The summed E-state index contributed by atoms with van der Waals surface area (Å²) in [5, 5.41) is 7.94. The molecule has 1 aliphatic rings. The summed E-state index contributed by atoms with van der Waals surface area (Å²) in [6, 6.07) is 10.8. The molecule has 0 aliphatic heterocycles. The first kappa shape index (κ1) is 17.4. The van der Waals surface area contributed by atoms with Crippen molar-refractivity contribution in [3.63, 3.8) is 0 Å². The molecule has 1 aliphatic carbocycles. The Kier molecular flexibility index (Phi) is 4.51. The van der Waals surface area contributed by atoms with E-state index in [1.165, 1.54) is 61.9 Å². The van der Waals surface area contributed by atoms with Crippen molar-refractivity contribution in [1.29, 1.82) is 5.41 Å². The first-order chi connectivity index (χ1) is 11.9. The summed E-state index contributed by atoms with van der Waals surface area (Å²) < 4.78 is 0. The first-order valence-corrected chi connectivity index (χ1v) is 8.94. The van der Waals surface area contributed by atoms with E-state index in [9.17, 15) is 0 Å². The molecule has 0 unspecified atom stereocenters. The lowest BCUT2D eigenvalue weighted by Crippen LogP contribution is -1.99. The average Bonchev–Trinajstić information content (AvgIpc) is 2.86. The quantitative estimate of drug-likeness (QED) is 0.599. The lowest BCUT2D eigenvalue weighted by molar-refractivity contribution is 1.22. The van der Waals surface area contributed by atoms with E-state index in [0.717, 1.165) is 12.0 Å². The van der Waals surface area contributed by atoms with Crippen molar-refractivity contribution < 1.29 is 0 Å². The standard InChI is InChI=1S/C24H27N/c1-14-10-11-21(18(5)16(14)3)22-9-7-8-20(13-25)24(22)23-12-15(2)17(4)19(23)6/h7-11,13,25H,12H2,1-6H3. The fraction of sp³-hybridized carbons (Fsp3) is 0.292. The van der Waals surface area contributed by atoms with Crippen LogP contribution in [0.1, 0.15) is 55.0 Å². The lowest BCUT2D eigenvalue weighted by Gasteiger charge is -2.19. The van der Waals surface area contributed by atoms with Crippen LogP contribution in [-0.4, -0.2) is 6.21 Å². The summed E-state index contributed by atoms with van der Waals surface area (Å²) in [5.41, 5.74) is 14.4. The molecule has 0 saturated heterocycles. The molecule has 0 heterocycles. The van der Waals surface area contributed by atoms with Crippen LogP contribution in [0, 0.1) is 26.2 Å². The van der Waals surface area contributed by atoms with E-state index in [1.807, 2.05) is 0 Å². The second kappa shape index (κ2) is 6.48. The largest absolute Gasteiger partial charge is 0.308 e. The van der Waals surface area contributed by atoms with Gasteiger partial charge in [-0.15, -0.1) is 0 Å². The van der Waals surface area contributed by atoms with Crippen molar-refractivity contribution in [3.05, 3.63) is 74.9 Å². The third-order valence-electron chi connectivity index (χ3n) is 6.00. The molecule has 25 heavy (non-hydrogen) atoms. The van der Waals surface area contributed by atoms with Crippen LogP contribution in [0.4, 0.5) is 0 Å². The molecule has 0 aromatic heterocycles. The van der Waals surface area contributed by atoms with E-state index < -0.39 is 0 Å². The number of rotatable bonds is 3. The van der Waals surface area contributed by atoms with E-state index in [1.54, 1.807) is 0 Å². The molecule has 0 atom stereocenters. The minimum absolute atomic E-state index is 0.986. The maximum atomic E-state index is 7.94. The van der Waals surface area contributed by atoms with Crippen molar-refractivity contribution in [3.8, 4) is 11.1 Å². The second-order valence-corrected chi connectivity index (χ2v) is 7.28. The Morgan fingerprint density at radius 3 is 2.12 bits per heavy atom. The Bertz CT molecular complexity index is 939. The van der Waals surface area contributed by atoms with Crippen molar-refractivity contribution in [1.82, 2.24) is 0 Å². The topological polar surface area (TPSA) is 23.9 Å². The smallest absolute Gasteiger partial charge is 0.0256 e. The third-order valence-corrected chi connectivity index (χ3v) is 6.00. The van der Waals surface area contributed by atoms with Crippen molar-refractivity contribution in [2.45, 2.75) is 48.0 Å². The molecule has 2 aromatic rings. The van der Waals surface area contributed by atoms with Gasteiger partial charge in [-0.2, -0.15) is 0 Å². The van der Waals surface area contributed by atoms with Crippen LogP contribution < -0.4 is 0 Å². The predicted octanol–water partition coefficient (Wildman–Crippen LogP) is 6.79. The highest BCUT2D eigenvalue weighted by molar-refractivity contribution is 5.97. The Hall–Kier alpha value is -2.41. The van der Waals surface area contributed by atoms with Crippen molar-refractivity contribution >= 4 is 11.8 Å². The zero-order chi connectivity index (χ0) is 18.3. The van der Waals surface area contributed by atoms with Gasteiger partial charge in [-0.05, 0) is 98.1 Å². The second-order valence-electron chi connectivity index (χ2n) is 7.28. The third kappa shape index (κ3) is 2.78. The molecule has 0 saturated carbocycles. The summed E-state index contributed by atoms with van der Waals surface area (Å²) in [5.74, 6) is 0. The van der Waals surface area contributed by atoms with E-state index in [4.69, 9.17) is 5.41 Å². The minimum atomic E-state index is 0.986. The van der Waals surface area contributed by atoms with Crippen LogP contribution in [0.5, 0.6) is 0 Å². The van der Waals surface area contributed by atoms with Crippen LogP contribution in [0.15, 0.2) is 47.1 Å². The monoisotopic (exact) mass is 329 g/mol. The Balaban J connectivity index is 2.32. The summed E-state index contributed by atoms with van der Waals surface area (Å²) in [4.78, 5) is 0. The number of hydrogen-bond acceptors (Lipinski definition) is 1. The molecule has 0 amide bonds. The van der Waals surface area contributed by atoms with Gasteiger partial charge < -0.3 is 5.41 Å². The van der Waals surface area contributed by atoms with Gasteiger partial charge >= 0.3 is 0 Å². The molecule has 0 radical (unpaired) electrons. The maximum Gasteiger partial charge on any atom is 0.0256 e. The molecule has 3 rings (SSSR count). The molecular formula is C24H27N. The Labute approximate surface area is 151 Å². The van der Waals surface area contributed by atoms with Gasteiger partial charge in [-0.1, -0.05) is 35.9 Å². The number of benzene rings is 2. The fourth-order valence-electron chi connectivity index (χ4n) is 3.85. The van der Waals surface area contributed by atoms with Crippen LogP contribution in [-0.2, 0) is 0 Å². The number of allylic oxidation sites excluding steroid dienone is 4. The summed E-state index contributed by atoms with van der Waals surface area (Å²) in [7, 11) is 0. The molecular weight excluding hydrogens is 302 g/mol. The molecule has 1 nitrogen and oxygen atoms in total. The fourth-order valence-corrected chi connectivity index (χ4v) is 3.85. The minimum Gasteiger partial charge on any atom is -0.308 e. The summed E-state index contributed by atoms with van der Waals surface area (Å²) >= 11 is 0.